The Balaban J connectivity index is 1.89. The summed E-state index contributed by atoms with van der Waals surface area (Å²) in [6.45, 7) is 0.220. The Bertz CT molecular complexity index is 751. The van der Waals surface area contributed by atoms with Gasteiger partial charge in [0.2, 0.25) is 0 Å². The molecule has 0 amide bonds. The molecule has 0 radical (unpaired) electrons. The summed E-state index contributed by atoms with van der Waals surface area (Å²) in [5.74, 6) is -0.861. The van der Waals surface area contributed by atoms with Crippen molar-refractivity contribution in [1.82, 2.24) is 4.98 Å². The van der Waals surface area contributed by atoms with Gasteiger partial charge in [0.25, 0.3) is 0 Å². The number of rotatable bonds is 3. The van der Waals surface area contributed by atoms with E-state index in [2.05, 4.69) is 10.3 Å². The van der Waals surface area contributed by atoms with Crippen LogP contribution in [0.25, 0.3) is 10.8 Å². The van der Waals surface area contributed by atoms with E-state index in [1.165, 1.54) is 6.07 Å². The predicted molar refractivity (Wildman–Crippen MR) is 75.4 cm³/mol. The summed E-state index contributed by atoms with van der Waals surface area (Å²) in [6, 6.07) is 11.1. The minimum Gasteiger partial charge on any atom is -0.380 e. The van der Waals surface area contributed by atoms with Gasteiger partial charge < -0.3 is 5.32 Å². The van der Waals surface area contributed by atoms with E-state index < -0.39 is 11.6 Å². The number of nitrogens with zero attached hydrogens (tertiary/aromatic N) is 1. The quantitative estimate of drug-likeness (QED) is 0.774. The second kappa shape index (κ2) is 5.25. The second-order valence-electron chi connectivity index (χ2n) is 4.49. The highest BCUT2D eigenvalue weighted by Crippen LogP contribution is 2.23. The summed E-state index contributed by atoms with van der Waals surface area (Å²) in [5, 5.41) is 5.12. The first-order valence-electron chi connectivity index (χ1n) is 6.24. The molecule has 0 aliphatic carbocycles. The van der Waals surface area contributed by atoms with Crippen molar-refractivity contribution in [1.29, 1.82) is 0 Å². The molecule has 100 valence electrons. The molecule has 20 heavy (non-hydrogen) atoms. The molecule has 3 rings (SSSR count). The van der Waals surface area contributed by atoms with E-state index in [9.17, 15) is 8.78 Å². The van der Waals surface area contributed by atoms with Crippen LogP contribution in [0.2, 0.25) is 0 Å². The molecule has 2 aromatic carbocycles. The lowest BCUT2D eigenvalue weighted by Crippen LogP contribution is -2.03. The topological polar surface area (TPSA) is 24.9 Å². The molecule has 0 saturated heterocycles. The van der Waals surface area contributed by atoms with Crippen molar-refractivity contribution in [2.45, 2.75) is 6.54 Å². The van der Waals surface area contributed by atoms with E-state index in [0.717, 1.165) is 28.6 Å². The van der Waals surface area contributed by atoms with Crippen LogP contribution in [0.1, 0.15) is 5.56 Å². The summed E-state index contributed by atoms with van der Waals surface area (Å²) < 4.78 is 26.7. The highest BCUT2D eigenvalue weighted by molar-refractivity contribution is 5.93. The molecule has 2 nitrogen and oxygen atoms in total. The highest BCUT2D eigenvalue weighted by atomic mass is 19.1. The Labute approximate surface area is 115 Å². The molecular formula is C16H12F2N2. The number of benzene rings is 2. The molecular weight excluding hydrogens is 258 g/mol. The van der Waals surface area contributed by atoms with Crippen LogP contribution in [0.15, 0.2) is 54.9 Å². The molecule has 0 aliphatic rings. The van der Waals surface area contributed by atoms with Gasteiger partial charge in [-0.05, 0) is 35.7 Å². The third-order valence-corrected chi connectivity index (χ3v) is 3.16. The number of halogens is 2. The average Bonchev–Trinajstić information content (AvgIpc) is 2.48. The SMILES string of the molecule is Fc1ccc(F)c(CNc2cccc3ccncc23)c1. The second-order valence-corrected chi connectivity index (χ2v) is 4.49. The van der Waals surface area contributed by atoms with Gasteiger partial charge in [0, 0.05) is 35.6 Å². The van der Waals surface area contributed by atoms with Crippen LogP contribution in [0.3, 0.4) is 0 Å². The van der Waals surface area contributed by atoms with Crippen LogP contribution in [-0.4, -0.2) is 4.98 Å². The molecule has 0 fully saturated rings. The lowest BCUT2D eigenvalue weighted by molar-refractivity contribution is 0.587. The first kappa shape index (κ1) is 12.5. The zero-order valence-electron chi connectivity index (χ0n) is 10.6. The zero-order valence-corrected chi connectivity index (χ0v) is 10.6. The molecule has 0 atom stereocenters. The van der Waals surface area contributed by atoms with Gasteiger partial charge >= 0.3 is 0 Å². The van der Waals surface area contributed by atoms with Gasteiger partial charge in [-0.1, -0.05) is 12.1 Å². The molecule has 0 aliphatic heterocycles. The number of aromatic nitrogens is 1. The van der Waals surface area contributed by atoms with Gasteiger partial charge in [0.15, 0.2) is 0 Å². The van der Waals surface area contributed by atoms with Crippen LogP contribution in [0.5, 0.6) is 0 Å². The van der Waals surface area contributed by atoms with Crippen molar-refractivity contribution in [3.8, 4) is 0 Å². The third-order valence-electron chi connectivity index (χ3n) is 3.16. The Morgan fingerprint density at radius 3 is 2.85 bits per heavy atom. The number of nitrogens with one attached hydrogen (secondary N) is 1. The summed E-state index contributed by atoms with van der Waals surface area (Å²) >= 11 is 0. The molecule has 1 N–H and O–H groups in total. The van der Waals surface area contributed by atoms with E-state index in [-0.39, 0.29) is 6.54 Å². The Kier molecular flexibility index (Phi) is 3.29. The number of fused-ring (bicyclic) bond motifs is 1. The lowest BCUT2D eigenvalue weighted by atomic mass is 10.1. The van der Waals surface area contributed by atoms with Gasteiger partial charge in [0.1, 0.15) is 11.6 Å². The van der Waals surface area contributed by atoms with Crippen molar-refractivity contribution < 1.29 is 8.78 Å². The molecule has 1 heterocycles. The van der Waals surface area contributed by atoms with Crippen LogP contribution in [0, 0.1) is 11.6 Å². The number of anilines is 1. The van der Waals surface area contributed by atoms with E-state index in [1.54, 1.807) is 12.4 Å². The van der Waals surface area contributed by atoms with Crippen molar-refractivity contribution in [3.63, 3.8) is 0 Å². The monoisotopic (exact) mass is 270 g/mol. The molecule has 3 aromatic rings. The van der Waals surface area contributed by atoms with E-state index >= 15 is 0 Å². The molecule has 0 bridgehead atoms. The van der Waals surface area contributed by atoms with Crippen molar-refractivity contribution in [2.75, 3.05) is 5.32 Å². The van der Waals surface area contributed by atoms with Crippen molar-refractivity contribution >= 4 is 16.5 Å². The van der Waals surface area contributed by atoms with Gasteiger partial charge in [-0.15, -0.1) is 0 Å². The zero-order chi connectivity index (χ0) is 13.9. The van der Waals surface area contributed by atoms with Crippen molar-refractivity contribution in [3.05, 3.63) is 72.1 Å². The van der Waals surface area contributed by atoms with E-state index in [0.29, 0.717) is 5.56 Å². The van der Waals surface area contributed by atoms with Crippen LogP contribution in [-0.2, 0) is 6.54 Å². The molecule has 0 saturated carbocycles. The largest absolute Gasteiger partial charge is 0.380 e. The van der Waals surface area contributed by atoms with Gasteiger partial charge in [-0.3, -0.25) is 4.98 Å². The maximum atomic E-state index is 13.6. The lowest BCUT2D eigenvalue weighted by Gasteiger charge is -2.10. The number of hydrogen-bond acceptors (Lipinski definition) is 2. The summed E-state index contributed by atoms with van der Waals surface area (Å²) in [7, 11) is 0. The first-order valence-corrected chi connectivity index (χ1v) is 6.24. The summed E-state index contributed by atoms with van der Waals surface area (Å²) in [6.07, 6.45) is 3.47. The maximum absolute atomic E-state index is 13.6. The Morgan fingerprint density at radius 2 is 1.95 bits per heavy atom. The number of pyridine rings is 1. The predicted octanol–water partition coefficient (Wildman–Crippen LogP) is 4.13. The fourth-order valence-corrected chi connectivity index (χ4v) is 2.14. The molecule has 0 unspecified atom stereocenters. The molecule has 4 heteroatoms. The normalized spacial score (nSPS) is 10.7. The summed E-state index contributed by atoms with van der Waals surface area (Å²) in [5.41, 5.74) is 1.14. The molecule has 0 spiro atoms. The maximum Gasteiger partial charge on any atom is 0.128 e. The van der Waals surface area contributed by atoms with Crippen LogP contribution < -0.4 is 5.32 Å². The van der Waals surface area contributed by atoms with Crippen molar-refractivity contribution in [2.24, 2.45) is 0 Å². The first-order chi connectivity index (χ1) is 9.74. The fourth-order valence-electron chi connectivity index (χ4n) is 2.14. The standard InChI is InChI=1S/C16H12F2N2/c17-13-4-5-15(18)12(8-13)9-20-16-3-1-2-11-6-7-19-10-14(11)16/h1-8,10,20H,9H2. The minimum atomic E-state index is -0.442. The van der Waals surface area contributed by atoms with Gasteiger partial charge in [0.05, 0.1) is 0 Å². The van der Waals surface area contributed by atoms with E-state index in [1.807, 2.05) is 24.3 Å². The van der Waals surface area contributed by atoms with Crippen LogP contribution >= 0.6 is 0 Å². The highest BCUT2D eigenvalue weighted by Gasteiger charge is 2.05. The van der Waals surface area contributed by atoms with Gasteiger partial charge in [-0.25, -0.2) is 8.78 Å². The Hall–Kier alpha value is -2.49. The summed E-state index contributed by atoms with van der Waals surface area (Å²) in [4.78, 5) is 4.09. The third kappa shape index (κ3) is 2.45. The number of hydrogen-bond donors (Lipinski definition) is 1. The average molecular weight is 270 g/mol. The van der Waals surface area contributed by atoms with Gasteiger partial charge in [-0.2, -0.15) is 0 Å². The molecule has 1 aromatic heterocycles. The Morgan fingerprint density at radius 1 is 1.05 bits per heavy atom. The minimum absolute atomic E-state index is 0.220. The fraction of sp³-hybridized carbons (Fsp3) is 0.0625. The van der Waals surface area contributed by atoms with Crippen LogP contribution in [0.4, 0.5) is 14.5 Å². The smallest absolute Gasteiger partial charge is 0.128 e. The van der Waals surface area contributed by atoms with E-state index in [4.69, 9.17) is 0 Å².